The van der Waals surface area contributed by atoms with E-state index in [1.54, 1.807) is 12.1 Å². The third kappa shape index (κ3) is 6.27. The normalized spacial score (nSPS) is 16.6. The molecule has 2 aromatic rings. The van der Waals surface area contributed by atoms with Crippen molar-refractivity contribution in [1.29, 1.82) is 0 Å². The zero-order chi connectivity index (χ0) is 23.5. The van der Waals surface area contributed by atoms with Gasteiger partial charge >= 0.3 is 5.97 Å². The summed E-state index contributed by atoms with van der Waals surface area (Å²) < 4.78 is 30.5. The zero-order valence-electron chi connectivity index (χ0n) is 16.8. The lowest BCUT2D eigenvalue weighted by atomic mass is 9.92. The quantitative estimate of drug-likeness (QED) is 0.264. The Labute approximate surface area is 187 Å². The number of amides is 1. The molecule has 1 unspecified atom stereocenters. The highest BCUT2D eigenvalue weighted by molar-refractivity contribution is 7.85. The van der Waals surface area contributed by atoms with Crippen LogP contribution in [0, 0.1) is 5.92 Å². The summed E-state index contributed by atoms with van der Waals surface area (Å²) in [5.74, 6) is -2.05. The van der Waals surface area contributed by atoms with Gasteiger partial charge in [-0.15, -0.1) is 11.3 Å². The fraction of sp³-hybridized carbons (Fsp3) is 0.444. The maximum atomic E-state index is 12.4. The molecule has 0 saturated carbocycles. The number of nitrogens with zero attached hydrogens (tertiary/aromatic N) is 1. The molecule has 1 aliphatic heterocycles. The molecule has 1 aliphatic rings. The number of carbonyl (C=O) groups excluding carboxylic acids is 1. The van der Waals surface area contributed by atoms with Crippen LogP contribution < -0.4 is 21.9 Å². The second-order valence-electron chi connectivity index (χ2n) is 7.47. The Hall–Kier alpha value is -2.97. The lowest BCUT2D eigenvalue weighted by Crippen LogP contribution is -2.41. The Morgan fingerprint density at radius 1 is 1.38 bits per heavy atom. The molecule has 3 rings (SSSR count). The molecule has 7 N–H and O–H groups in total. The number of rotatable bonds is 9. The van der Waals surface area contributed by atoms with Gasteiger partial charge in [-0.05, 0) is 43.7 Å². The van der Waals surface area contributed by atoms with Crippen molar-refractivity contribution in [2.24, 2.45) is 5.92 Å². The van der Waals surface area contributed by atoms with E-state index in [0.717, 1.165) is 11.3 Å². The number of nitrogens with two attached hydrogens (primary N) is 1. The number of hydrogen-bond donors (Lipinski definition) is 6. The van der Waals surface area contributed by atoms with E-state index in [0.29, 0.717) is 35.6 Å². The molecule has 3 heterocycles. The summed E-state index contributed by atoms with van der Waals surface area (Å²) in [5, 5.41) is 14.6. The van der Waals surface area contributed by atoms with E-state index in [9.17, 15) is 27.9 Å². The summed E-state index contributed by atoms with van der Waals surface area (Å²) >= 11 is 1.21. The van der Waals surface area contributed by atoms with Crippen LogP contribution in [0.2, 0.25) is 0 Å². The molecule has 0 bridgehead atoms. The molecule has 1 amide bonds. The number of carboxylic acids is 1. The van der Waals surface area contributed by atoms with E-state index < -0.39 is 40.2 Å². The fourth-order valence-electron chi connectivity index (χ4n) is 3.39. The lowest BCUT2D eigenvalue weighted by molar-refractivity contribution is -0.139. The second-order valence-corrected chi connectivity index (χ2v) is 10.2. The van der Waals surface area contributed by atoms with Crippen molar-refractivity contribution in [1.82, 2.24) is 15.3 Å². The van der Waals surface area contributed by atoms with Gasteiger partial charge in [-0.3, -0.25) is 19.1 Å². The van der Waals surface area contributed by atoms with Crippen molar-refractivity contribution in [2.75, 3.05) is 23.3 Å². The Bertz CT molecular complexity index is 1170. The maximum Gasteiger partial charge on any atom is 0.326 e. The van der Waals surface area contributed by atoms with Crippen LogP contribution in [0.1, 0.15) is 33.0 Å². The van der Waals surface area contributed by atoms with E-state index in [-0.39, 0.29) is 17.4 Å². The van der Waals surface area contributed by atoms with Gasteiger partial charge in [-0.1, -0.05) is 0 Å². The molecule has 0 radical (unpaired) electrons. The van der Waals surface area contributed by atoms with Gasteiger partial charge in [0.25, 0.3) is 21.6 Å². The first-order valence-electron chi connectivity index (χ1n) is 9.72. The summed E-state index contributed by atoms with van der Waals surface area (Å²) in [4.78, 5) is 43.5. The minimum atomic E-state index is -4.34. The number of nitrogens with one attached hydrogen (secondary N) is 3. The second kappa shape index (κ2) is 9.67. The van der Waals surface area contributed by atoms with Crippen molar-refractivity contribution >= 4 is 45.1 Å². The number of H-pyrrole nitrogens is 1. The minimum absolute atomic E-state index is 0.0622. The van der Waals surface area contributed by atoms with Crippen molar-refractivity contribution in [2.45, 2.75) is 31.7 Å². The number of aliphatic carboxylic acids is 1. The molecule has 0 fully saturated rings. The molecule has 174 valence electrons. The van der Waals surface area contributed by atoms with Gasteiger partial charge in [0.1, 0.15) is 11.9 Å². The first-order valence-corrected chi connectivity index (χ1v) is 12.1. The smallest absolute Gasteiger partial charge is 0.326 e. The molecule has 0 saturated heterocycles. The van der Waals surface area contributed by atoms with Gasteiger partial charge in [0.15, 0.2) is 0 Å². The molecule has 2 aromatic heterocycles. The zero-order valence-corrected chi connectivity index (χ0v) is 18.5. The number of carboxylic acid groups (broad SMARTS) is 1. The molecule has 14 heteroatoms. The molecule has 0 aliphatic carbocycles. The minimum Gasteiger partial charge on any atom is -0.480 e. The van der Waals surface area contributed by atoms with Crippen molar-refractivity contribution in [3.8, 4) is 0 Å². The van der Waals surface area contributed by atoms with Crippen LogP contribution in [0.25, 0.3) is 0 Å². The average Bonchev–Trinajstić information content (AvgIpc) is 3.18. The third-order valence-electron chi connectivity index (χ3n) is 5.04. The predicted octanol–water partition coefficient (Wildman–Crippen LogP) is 0.0915. The number of aromatic amines is 1. The van der Waals surface area contributed by atoms with Crippen LogP contribution in [0.3, 0.4) is 0 Å². The lowest BCUT2D eigenvalue weighted by Gasteiger charge is -2.24. The highest BCUT2D eigenvalue weighted by atomic mass is 32.2. The first kappa shape index (κ1) is 23.7. The van der Waals surface area contributed by atoms with E-state index in [1.165, 1.54) is 11.3 Å². The first-order chi connectivity index (χ1) is 15.0. The number of hydrogen-bond acceptors (Lipinski definition) is 9. The standard InChI is InChI=1S/C18H23N5O7S2/c19-18-22-14-11(15(24)23-18)7-9(8-20-14)1-2-10-3-4-13(31-10)16(25)21-12(17(26)27)5-6-32(28,29)30/h3-4,9,12H,1-2,5-8H2,(H,21,25)(H,26,27)(H,28,29,30)(H4,19,20,22,23,24)/t9?,12-/m0/s1. The number of aryl methyl sites for hydroxylation is 1. The number of thiophene rings is 1. The van der Waals surface area contributed by atoms with Crippen LogP contribution in [-0.4, -0.2) is 58.3 Å². The molecular weight excluding hydrogens is 462 g/mol. The van der Waals surface area contributed by atoms with Crippen molar-refractivity contribution in [3.63, 3.8) is 0 Å². The van der Waals surface area contributed by atoms with E-state index >= 15 is 0 Å². The summed E-state index contributed by atoms with van der Waals surface area (Å²) in [6.07, 6.45) is 1.51. The third-order valence-corrected chi connectivity index (χ3v) is 6.93. The van der Waals surface area contributed by atoms with Crippen molar-refractivity contribution in [3.05, 3.63) is 37.8 Å². The monoisotopic (exact) mass is 485 g/mol. The van der Waals surface area contributed by atoms with Gasteiger partial charge < -0.3 is 21.5 Å². The Morgan fingerprint density at radius 3 is 2.81 bits per heavy atom. The largest absolute Gasteiger partial charge is 0.480 e. The van der Waals surface area contributed by atoms with Gasteiger partial charge in [0, 0.05) is 11.4 Å². The van der Waals surface area contributed by atoms with E-state index in [4.69, 9.17) is 10.3 Å². The van der Waals surface area contributed by atoms with Gasteiger partial charge in [-0.25, -0.2) is 4.79 Å². The topological polar surface area (TPSA) is 205 Å². The molecule has 32 heavy (non-hydrogen) atoms. The summed E-state index contributed by atoms with van der Waals surface area (Å²) in [6.45, 7) is 0.635. The predicted molar refractivity (Wildman–Crippen MR) is 118 cm³/mol. The highest BCUT2D eigenvalue weighted by Gasteiger charge is 2.25. The van der Waals surface area contributed by atoms with Crippen LogP contribution in [0.15, 0.2) is 16.9 Å². The highest BCUT2D eigenvalue weighted by Crippen LogP contribution is 2.25. The van der Waals surface area contributed by atoms with Gasteiger partial charge in [-0.2, -0.15) is 13.4 Å². The average molecular weight is 486 g/mol. The fourth-order valence-corrected chi connectivity index (χ4v) is 4.85. The number of anilines is 2. The summed E-state index contributed by atoms with van der Waals surface area (Å²) in [7, 11) is -4.34. The number of fused-ring (bicyclic) bond motifs is 1. The molecule has 0 aromatic carbocycles. The Balaban J connectivity index is 1.55. The maximum absolute atomic E-state index is 12.4. The Kier molecular flexibility index (Phi) is 7.16. The number of nitrogen functional groups attached to an aromatic ring is 1. The number of aromatic nitrogens is 2. The van der Waals surface area contributed by atoms with Gasteiger partial charge in [0.05, 0.1) is 16.2 Å². The molecule has 2 atom stereocenters. The molecular formula is C18H23N5O7S2. The van der Waals surface area contributed by atoms with Crippen LogP contribution in [-0.2, 0) is 27.8 Å². The van der Waals surface area contributed by atoms with Crippen LogP contribution in [0.5, 0.6) is 0 Å². The van der Waals surface area contributed by atoms with Crippen LogP contribution in [0.4, 0.5) is 11.8 Å². The number of carbonyl (C=O) groups is 2. The van der Waals surface area contributed by atoms with Gasteiger partial charge in [0.2, 0.25) is 5.95 Å². The SMILES string of the molecule is Nc1nc2c(c(=O)[nH]1)CC(CCc1ccc(C(=O)N[C@@H](CCS(=O)(=O)O)C(=O)O)s1)CN2. The summed E-state index contributed by atoms with van der Waals surface area (Å²) in [6, 6.07) is 1.90. The molecule has 0 spiro atoms. The molecule has 12 nitrogen and oxygen atoms in total. The Morgan fingerprint density at radius 2 is 2.12 bits per heavy atom. The van der Waals surface area contributed by atoms with E-state index in [2.05, 4.69) is 20.6 Å². The summed E-state index contributed by atoms with van der Waals surface area (Å²) in [5.41, 5.74) is 5.85. The van der Waals surface area contributed by atoms with Crippen molar-refractivity contribution < 1.29 is 27.7 Å². The van der Waals surface area contributed by atoms with Crippen LogP contribution >= 0.6 is 11.3 Å². The van der Waals surface area contributed by atoms with E-state index in [1.807, 2.05) is 0 Å².